The minimum Gasteiger partial charge on any atom is -0.497 e. The first-order chi connectivity index (χ1) is 9.78. The third kappa shape index (κ3) is 2.33. The molecule has 7 heteroatoms. The number of halogens is 1. The van der Waals surface area contributed by atoms with Crippen molar-refractivity contribution in [1.29, 1.82) is 0 Å². The molecule has 6 nitrogen and oxygen atoms in total. The van der Waals surface area contributed by atoms with Crippen molar-refractivity contribution < 1.29 is 4.74 Å². The van der Waals surface area contributed by atoms with Crippen molar-refractivity contribution in [1.82, 2.24) is 24.7 Å². The van der Waals surface area contributed by atoms with Gasteiger partial charge in [0.2, 0.25) is 5.28 Å². The van der Waals surface area contributed by atoms with Gasteiger partial charge in [-0.15, -0.1) is 5.10 Å². The Balaban J connectivity index is 2.04. The third-order valence-corrected chi connectivity index (χ3v) is 2.88. The lowest BCUT2D eigenvalue weighted by Gasteiger charge is -2.00. The van der Waals surface area contributed by atoms with E-state index in [1.54, 1.807) is 25.6 Å². The van der Waals surface area contributed by atoms with Crippen molar-refractivity contribution in [3.8, 4) is 23.1 Å². The monoisotopic (exact) mass is 287 g/mol. The number of ether oxygens (including phenoxy) is 1. The Labute approximate surface area is 120 Å². The number of nitrogens with zero attached hydrogens (tertiary/aromatic N) is 5. The highest BCUT2D eigenvalue weighted by Gasteiger charge is 2.13. The maximum atomic E-state index is 6.08. The molecule has 0 aliphatic carbocycles. The van der Waals surface area contributed by atoms with E-state index >= 15 is 0 Å². The van der Waals surface area contributed by atoms with Crippen LogP contribution in [0.4, 0.5) is 0 Å². The van der Waals surface area contributed by atoms with E-state index < -0.39 is 0 Å². The fraction of sp³-hybridized carbons (Fsp3) is 0.0769. The number of rotatable bonds is 3. The largest absolute Gasteiger partial charge is 0.497 e. The highest BCUT2D eigenvalue weighted by molar-refractivity contribution is 6.28. The molecule has 0 aliphatic rings. The summed E-state index contributed by atoms with van der Waals surface area (Å²) in [5.74, 6) is 1.59. The predicted octanol–water partition coefficient (Wildman–Crippen LogP) is 2.39. The van der Waals surface area contributed by atoms with Gasteiger partial charge in [0.15, 0.2) is 5.82 Å². The minimum absolute atomic E-state index is 0.203. The van der Waals surface area contributed by atoms with E-state index in [2.05, 4.69) is 20.1 Å². The van der Waals surface area contributed by atoms with Crippen LogP contribution >= 0.6 is 11.6 Å². The van der Waals surface area contributed by atoms with Crippen LogP contribution in [0.3, 0.4) is 0 Å². The van der Waals surface area contributed by atoms with Gasteiger partial charge in [-0.05, 0) is 29.8 Å². The summed E-state index contributed by atoms with van der Waals surface area (Å²) in [5, 5.41) is 4.52. The van der Waals surface area contributed by atoms with Gasteiger partial charge in [-0.25, -0.2) is 9.97 Å². The smallest absolute Gasteiger partial charge is 0.253 e. The number of methoxy groups -OCH3 is 1. The molecule has 0 aliphatic heterocycles. The van der Waals surface area contributed by atoms with E-state index in [9.17, 15) is 0 Å². The van der Waals surface area contributed by atoms with E-state index in [-0.39, 0.29) is 5.28 Å². The number of aromatic nitrogens is 5. The first-order valence-electron chi connectivity index (χ1n) is 5.82. The van der Waals surface area contributed by atoms with Gasteiger partial charge in [-0.1, -0.05) is 12.1 Å². The molecule has 0 spiro atoms. The summed E-state index contributed by atoms with van der Waals surface area (Å²) in [6.07, 6.45) is 3.23. The van der Waals surface area contributed by atoms with Crippen LogP contribution < -0.4 is 4.74 Å². The van der Waals surface area contributed by atoms with Crippen LogP contribution in [-0.2, 0) is 0 Å². The van der Waals surface area contributed by atoms with E-state index in [1.807, 2.05) is 24.3 Å². The van der Waals surface area contributed by atoms with Gasteiger partial charge in [0.25, 0.3) is 5.95 Å². The van der Waals surface area contributed by atoms with Crippen LogP contribution in [0.5, 0.6) is 5.75 Å². The standard InChI is InChI=1S/C13H10ClN5O/c1-20-10-5-2-4-9(8-10)11-17-12(14)19(18-11)13-15-6-3-7-16-13/h2-8H,1H3. The molecule has 20 heavy (non-hydrogen) atoms. The molecule has 1 aromatic carbocycles. The zero-order chi connectivity index (χ0) is 13.9. The summed E-state index contributed by atoms with van der Waals surface area (Å²) in [6, 6.07) is 9.15. The molecule has 0 saturated carbocycles. The topological polar surface area (TPSA) is 65.7 Å². The molecule has 0 unspecified atom stereocenters. The number of hydrogen-bond donors (Lipinski definition) is 0. The lowest BCUT2D eigenvalue weighted by molar-refractivity contribution is 0.415. The molecule has 2 heterocycles. The first kappa shape index (κ1) is 12.6. The van der Waals surface area contributed by atoms with Gasteiger partial charge in [0, 0.05) is 18.0 Å². The molecule has 0 bridgehead atoms. The van der Waals surface area contributed by atoms with Gasteiger partial charge < -0.3 is 4.74 Å². The second-order valence-corrected chi connectivity index (χ2v) is 4.24. The third-order valence-electron chi connectivity index (χ3n) is 2.64. The van der Waals surface area contributed by atoms with E-state index in [1.165, 1.54) is 4.68 Å². The number of hydrogen-bond acceptors (Lipinski definition) is 5. The molecule has 0 fully saturated rings. The van der Waals surface area contributed by atoms with Crippen LogP contribution in [-0.4, -0.2) is 31.8 Å². The Morgan fingerprint density at radius 2 is 1.95 bits per heavy atom. The van der Waals surface area contributed by atoms with Crippen LogP contribution in [0.2, 0.25) is 5.28 Å². The van der Waals surface area contributed by atoms with Crippen LogP contribution in [0.25, 0.3) is 17.3 Å². The van der Waals surface area contributed by atoms with E-state index in [4.69, 9.17) is 16.3 Å². The quantitative estimate of drug-likeness (QED) is 0.740. The summed E-state index contributed by atoms with van der Waals surface area (Å²) in [6.45, 7) is 0. The Hall–Kier alpha value is -2.47. The Bertz CT molecular complexity index is 729. The summed E-state index contributed by atoms with van der Waals surface area (Å²) >= 11 is 6.08. The first-order valence-corrected chi connectivity index (χ1v) is 6.20. The van der Waals surface area contributed by atoms with Crippen LogP contribution in [0.15, 0.2) is 42.7 Å². The van der Waals surface area contributed by atoms with Crippen molar-refractivity contribution in [3.63, 3.8) is 0 Å². The van der Waals surface area contributed by atoms with Crippen molar-refractivity contribution in [2.75, 3.05) is 7.11 Å². The lowest BCUT2D eigenvalue weighted by atomic mass is 10.2. The molecule has 100 valence electrons. The highest BCUT2D eigenvalue weighted by atomic mass is 35.5. The molecule has 0 N–H and O–H groups in total. The lowest BCUT2D eigenvalue weighted by Crippen LogP contribution is -2.02. The summed E-state index contributed by atoms with van der Waals surface area (Å²) in [7, 11) is 1.61. The van der Waals surface area contributed by atoms with Crippen molar-refractivity contribution >= 4 is 11.6 Å². The Morgan fingerprint density at radius 3 is 2.70 bits per heavy atom. The second kappa shape index (κ2) is 5.26. The summed E-state index contributed by atoms with van der Waals surface area (Å²) in [5.41, 5.74) is 0.806. The van der Waals surface area contributed by atoms with E-state index in [0.29, 0.717) is 11.8 Å². The highest BCUT2D eigenvalue weighted by Crippen LogP contribution is 2.23. The van der Waals surface area contributed by atoms with Gasteiger partial charge in [0.1, 0.15) is 5.75 Å². The summed E-state index contributed by atoms with van der Waals surface area (Å²) in [4.78, 5) is 12.4. The molecule has 0 saturated heterocycles. The van der Waals surface area contributed by atoms with Crippen molar-refractivity contribution in [3.05, 3.63) is 48.0 Å². The SMILES string of the molecule is COc1cccc(-c2nc(Cl)n(-c3ncccn3)n2)c1. The maximum Gasteiger partial charge on any atom is 0.253 e. The van der Waals surface area contributed by atoms with Gasteiger partial charge in [0.05, 0.1) is 7.11 Å². The van der Waals surface area contributed by atoms with Gasteiger partial charge in [-0.2, -0.15) is 9.67 Å². The number of benzene rings is 1. The average molecular weight is 288 g/mol. The molecule has 0 atom stereocenters. The second-order valence-electron chi connectivity index (χ2n) is 3.90. The zero-order valence-electron chi connectivity index (χ0n) is 10.6. The zero-order valence-corrected chi connectivity index (χ0v) is 11.3. The molecule has 2 aromatic heterocycles. The molecule has 3 aromatic rings. The summed E-state index contributed by atoms with van der Waals surface area (Å²) < 4.78 is 6.56. The Morgan fingerprint density at radius 1 is 1.15 bits per heavy atom. The molecule has 3 rings (SSSR count). The van der Waals surface area contributed by atoms with Crippen LogP contribution in [0.1, 0.15) is 0 Å². The van der Waals surface area contributed by atoms with Gasteiger partial charge >= 0.3 is 0 Å². The van der Waals surface area contributed by atoms with Crippen LogP contribution in [0, 0.1) is 0 Å². The van der Waals surface area contributed by atoms with Crippen molar-refractivity contribution in [2.24, 2.45) is 0 Å². The fourth-order valence-electron chi connectivity index (χ4n) is 1.71. The molecular formula is C13H10ClN5O. The molecular weight excluding hydrogens is 278 g/mol. The van der Waals surface area contributed by atoms with Crippen molar-refractivity contribution in [2.45, 2.75) is 0 Å². The maximum absolute atomic E-state index is 6.08. The normalized spacial score (nSPS) is 10.5. The molecule has 0 radical (unpaired) electrons. The Kier molecular flexibility index (Phi) is 3.30. The molecule has 0 amide bonds. The average Bonchev–Trinajstić information content (AvgIpc) is 2.90. The predicted molar refractivity (Wildman–Crippen MR) is 73.9 cm³/mol. The minimum atomic E-state index is 0.203. The van der Waals surface area contributed by atoms with E-state index in [0.717, 1.165) is 11.3 Å². The van der Waals surface area contributed by atoms with Gasteiger partial charge in [-0.3, -0.25) is 0 Å². The fourth-order valence-corrected chi connectivity index (χ4v) is 1.90.